The number of rotatable bonds is 7. The SMILES string of the molecule is CS(=O)CC[C@H](N)C(=O)N1CCC[C@H]1C(=O)Nc1ccc([N+](=O)[O-])cc1. The lowest BCUT2D eigenvalue weighted by atomic mass is 10.1. The van der Waals surface area contributed by atoms with E-state index >= 15 is 0 Å². The lowest BCUT2D eigenvalue weighted by Gasteiger charge is -2.26. The third kappa shape index (κ3) is 5.09. The largest absolute Gasteiger partial charge is 0.329 e. The number of nitrogens with one attached hydrogen (secondary N) is 1. The van der Waals surface area contributed by atoms with Crippen LogP contribution in [-0.4, -0.2) is 56.5 Å². The van der Waals surface area contributed by atoms with Crippen molar-refractivity contribution < 1.29 is 18.7 Å². The van der Waals surface area contributed by atoms with E-state index in [2.05, 4.69) is 5.32 Å². The molecule has 0 radical (unpaired) electrons. The standard InChI is InChI=1S/C16H22N4O5S/c1-26(25)10-8-13(17)16(22)19-9-2-3-14(19)15(21)18-11-4-6-12(7-5-11)20(23)24/h4-7,13-14H,2-3,8-10,17H2,1H3,(H,18,21)/t13-,14-,26?/m0/s1. The van der Waals surface area contributed by atoms with Gasteiger partial charge >= 0.3 is 0 Å². The molecule has 1 aromatic rings. The number of nitrogens with zero attached hydrogens (tertiary/aromatic N) is 2. The molecule has 142 valence electrons. The summed E-state index contributed by atoms with van der Waals surface area (Å²) in [6, 6.07) is 4.07. The van der Waals surface area contributed by atoms with Crippen molar-refractivity contribution in [2.45, 2.75) is 31.3 Å². The normalized spacial score (nSPS) is 19.0. The van der Waals surface area contributed by atoms with E-state index in [9.17, 15) is 23.9 Å². The topological polar surface area (TPSA) is 136 Å². The van der Waals surface area contributed by atoms with Crippen molar-refractivity contribution in [1.82, 2.24) is 4.90 Å². The minimum atomic E-state index is -1.03. The van der Waals surface area contributed by atoms with Crippen molar-refractivity contribution in [3.63, 3.8) is 0 Å². The minimum absolute atomic E-state index is 0.0695. The van der Waals surface area contributed by atoms with E-state index in [1.54, 1.807) is 6.26 Å². The van der Waals surface area contributed by atoms with E-state index in [-0.39, 0.29) is 17.5 Å². The Morgan fingerprint density at radius 2 is 2.08 bits per heavy atom. The van der Waals surface area contributed by atoms with E-state index in [1.165, 1.54) is 29.2 Å². The molecule has 0 aliphatic carbocycles. The Hall–Kier alpha value is -2.33. The zero-order valence-corrected chi connectivity index (χ0v) is 15.2. The number of non-ortho nitro benzene ring substituents is 1. The number of nitro benzene ring substituents is 1. The molecule has 0 aromatic heterocycles. The van der Waals surface area contributed by atoms with Gasteiger partial charge in [0.2, 0.25) is 11.8 Å². The van der Waals surface area contributed by atoms with Gasteiger partial charge in [-0.1, -0.05) is 0 Å². The molecular weight excluding hydrogens is 360 g/mol. The molecule has 26 heavy (non-hydrogen) atoms. The summed E-state index contributed by atoms with van der Waals surface area (Å²) < 4.78 is 11.2. The first-order valence-electron chi connectivity index (χ1n) is 8.21. The molecule has 10 heteroatoms. The zero-order valence-electron chi connectivity index (χ0n) is 14.4. The predicted octanol–water partition coefficient (Wildman–Crippen LogP) is 0.620. The van der Waals surface area contributed by atoms with Crippen molar-refractivity contribution >= 4 is 34.0 Å². The molecule has 1 saturated heterocycles. The second kappa shape index (κ2) is 8.86. The van der Waals surface area contributed by atoms with Gasteiger partial charge in [0.25, 0.3) is 5.69 Å². The molecule has 1 fully saturated rings. The van der Waals surface area contributed by atoms with Crippen LogP contribution in [0.25, 0.3) is 0 Å². The van der Waals surface area contributed by atoms with Crippen LogP contribution in [0.2, 0.25) is 0 Å². The highest BCUT2D eigenvalue weighted by Crippen LogP contribution is 2.21. The molecular formula is C16H22N4O5S. The van der Waals surface area contributed by atoms with E-state index < -0.39 is 27.8 Å². The lowest BCUT2D eigenvalue weighted by molar-refractivity contribution is -0.384. The molecule has 3 atom stereocenters. The molecule has 2 amide bonds. The summed E-state index contributed by atoms with van der Waals surface area (Å²) in [6.07, 6.45) is 3.07. The van der Waals surface area contributed by atoms with Gasteiger partial charge in [-0.2, -0.15) is 0 Å². The van der Waals surface area contributed by atoms with Gasteiger partial charge in [-0.25, -0.2) is 0 Å². The molecule has 0 spiro atoms. The minimum Gasteiger partial charge on any atom is -0.329 e. The second-order valence-corrected chi connectivity index (χ2v) is 7.71. The van der Waals surface area contributed by atoms with Crippen LogP contribution in [0.15, 0.2) is 24.3 Å². The van der Waals surface area contributed by atoms with E-state index in [4.69, 9.17) is 5.73 Å². The highest BCUT2D eigenvalue weighted by atomic mass is 32.2. The van der Waals surface area contributed by atoms with Gasteiger partial charge in [0, 0.05) is 47.2 Å². The predicted molar refractivity (Wildman–Crippen MR) is 98.0 cm³/mol. The van der Waals surface area contributed by atoms with Crippen molar-refractivity contribution in [2.24, 2.45) is 5.73 Å². The summed E-state index contributed by atoms with van der Waals surface area (Å²) in [6.45, 7) is 0.445. The van der Waals surface area contributed by atoms with Gasteiger partial charge in [0.15, 0.2) is 0 Å². The second-order valence-electron chi connectivity index (χ2n) is 6.16. The monoisotopic (exact) mass is 382 g/mol. The molecule has 9 nitrogen and oxygen atoms in total. The molecule has 1 unspecified atom stereocenters. The molecule has 1 heterocycles. The van der Waals surface area contributed by atoms with Crippen LogP contribution in [0.1, 0.15) is 19.3 Å². The van der Waals surface area contributed by atoms with Crippen LogP contribution >= 0.6 is 0 Å². The van der Waals surface area contributed by atoms with Crippen molar-refractivity contribution in [2.75, 3.05) is 23.9 Å². The summed E-state index contributed by atoms with van der Waals surface area (Å²) in [5.74, 6) is -0.340. The number of hydrogen-bond acceptors (Lipinski definition) is 6. The van der Waals surface area contributed by atoms with Crippen LogP contribution in [-0.2, 0) is 20.4 Å². The number of hydrogen-bond donors (Lipinski definition) is 2. The first-order valence-corrected chi connectivity index (χ1v) is 9.93. The zero-order chi connectivity index (χ0) is 19.3. The quantitative estimate of drug-likeness (QED) is 0.524. The number of likely N-dealkylation sites (tertiary alicyclic amines) is 1. The summed E-state index contributed by atoms with van der Waals surface area (Å²) >= 11 is 0. The van der Waals surface area contributed by atoms with Crippen molar-refractivity contribution in [3.05, 3.63) is 34.4 Å². The Balaban J connectivity index is 1.99. The van der Waals surface area contributed by atoms with E-state index in [0.717, 1.165) is 0 Å². The molecule has 1 aliphatic rings. The number of anilines is 1. The van der Waals surface area contributed by atoms with Gasteiger partial charge in [0.05, 0.1) is 11.0 Å². The first kappa shape index (κ1) is 20.0. The highest BCUT2D eigenvalue weighted by molar-refractivity contribution is 7.84. The molecule has 0 bridgehead atoms. The van der Waals surface area contributed by atoms with E-state index in [0.29, 0.717) is 37.2 Å². The third-order valence-electron chi connectivity index (χ3n) is 4.22. The number of nitrogens with two attached hydrogens (primary N) is 1. The van der Waals surface area contributed by atoms with Crippen LogP contribution in [0.3, 0.4) is 0 Å². The Morgan fingerprint density at radius 1 is 1.42 bits per heavy atom. The third-order valence-corrected chi connectivity index (χ3v) is 5.03. The number of nitro groups is 1. The maximum atomic E-state index is 12.5. The van der Waals surface area contributed by atoms with Gasteiger partial charge < -0.3 is 16.0 Å². The van der Waals surface area contributed by atoms with Gasteiger partial charge in [-0.05, 0) is 31.4 Å². The highest BCUT2D eigenvalue weighted by Gasteiger charge is 2.36. The number of benzene rings is 1. The number of amides is 2. The Bertz CT molecular complexity index is 709. The Labute approximate surface area is 153 Å². The molecule has 1 aliphatic heterocycles. The summed E-state index contributed by atoms with van der Waals surface area (Å²) in [5.41, 5.74) is 6.24. The van der Waals surface area contributed by atoms with Crippen molar-refractivity contribution in [3.8, 4) is 0 Å². The summed E-state index contributed by atoms with van der Waals surface area (Å²) in [7, 11) is -1.03. The maximum Gasteiger partial charge on any atom is 0.269 e. The van der Waals surface area contributed by atoms with Crippen LogP contribution < -0.4 is 11.1 Å². The fourth-order valence-corrected chi connectivity index (χ4v) is 3.41. The van der Waals surface area contributed by atoms with Gasteiger partial charge in [-0.3, -0.25) is 23.9 Å². The number of carbonyl (C=O) groups excluding carboxylic acids is 2. The lowest BCUT2D eigenvalue weighted by Crippen LogP contribution is -2.50. The van der Waals surface area contributed by atoms with Crippen LogP contribution in [0.4, 0.5) is 11.4 Å². The average molecular weight is 382 g/mol. The molecule has 2 rings (SSSR count). The summed E-state index contributed by atoms with van der Waals surface area (Å²) in [4.78, 5) is 36.6. The summed E-state index contributed by atoms with van der Waals surface area (Å²) in [5, 5.41) is 13.3. The first-order chi connectivity index (χ1) is 12.3. The van der Waals surface area contributed by atoms with Gasteiger partial charge in [0.1, 0.15) is 6.04 Å². The number of carbonyl (C=O) groups is 2. The molecule has 1 aromatic carbocycles. The fraction of sp³-hybridized carbons (Fsp3) is 0.500. The average Bonchev–Trinajstić information content (AvgIpc) is 3.09. The van der Waals surface area contributed by atoms with Gasteiger partial charge in [-0.15, -0.1) is 0 Å². The maximum absolute atomic E-state index is 12.5. The molecule has 0 saturated carbocycles. The Morgan fingerprint density at radius 3 is 2.65 bits per heavy atom. The van der Waals surface area contributed by atoms with Crippen LogP contribution in [0, 0.1) is 10.1 Å². The van der Waals surface area contributed by atoms with E-state index in [1.807, 2.05) is 0 Å². The smallest absolute Gasteiger partial charge is 0.269 e. The van der Waals surface area contributed by atoms with Crippen molar-refractivity contribution in [1.29, 1.82) is 0 Å². The molecule has 3 N–H and O–H groups in total. The van der Waals surface area contributed by atoms with Crippen LogP contribution in [0.5, 0.6) is 0 Å². The fourth-order valence-electron chi connectivity index (χ4n) is 2.82. The Kier molecular flexibility index (Phi) is 6.81.